The number of anilines is 18. The van der Waals surface area contributed by atoms with E-state index in [0.29, 0.717) is 119 Å². The van der Waals surface area contributed by atoms with E-state index in [9.17, 15) is 0 Å². The van der Waals surface area contributed by atoms with E-state index < -0.39 is 63.2 Å². The van der Waals surface area contributed by atoms with Crippen LogP contribution in [0.4, 0.5) is 103 Å². The molecule has 15 rings (SSSR count). The van der Waals surface area contributed by atoms with E-state index in [0.717, 1.165) is 0 Å². The van der Waals surface area contributed by atoms with Gasteiger partial charge in [0.25, 0.3) is 0 Å². The van der Waals surface area contributed by atoms with Gasteiger partial charge in [-0.15, -0.1) is 0 Å². The SMILES string of the molecule is [2H]C([2H])([2H])N1[C]2=[Pt]=[C]3N(c4cccc(c4)N(c4cnc(N5c6cccc(c6)N6[C](=[Pt]=[C]7N(c8cccc5c8)c5ccccc5N7C([2H])([2H])[2H])N(C([2H])([2H])[2H])c5ccccc56)cn4)c4cccc(c4)N2c2ccccc21)c1ccccc1N3C([2H])([2H])[2H]. The number of benzene rings is 8. The molecule has 366 valence electrons. The third-order valence-corrected chi connectivity index (χ3v) is 19.7. The van der Waals surface area contributed by atoms with Gasteiger partial charge in [-0.1, -0.05) is 0 Å². The average molecular weight is 1340 g/mol. The monoisotopic (exact) mass is 1340 g/mol. The molecule has 0 amide bonds. The van der Waals surface area contributed by atoms with Gasteiger partial charge in [-0.3, -0.25) is 0 Å². The minimum absolute atomic E-state index is 0.411. The molecule has 8 aromatic carbocycles. The predicted molar refractivity (Wildman–Crippen MR) is 299 cm³/mol. The molecule has 8 bridgehead atoms. The van der Waals surface area contributed by atoms with Gasteiger partial charge in [0, 0.05) is 0 Å². The average Bonchev–Trinajstić information content (AvgIpc) is 1.99. The van der Waals surface area contributed by atoms with E-state index in [1.807, 2.05) is 175 Å². The number of fused-ring (bicyclic) bond motifs is 24. The van der Waals surface area contributed by atoms with Gasteiger partial charge in [-0.05, 0) is 0 Å². The Hall–Kier alpha value is -8.30. The first-order valence-electron chi connectivity index (χ1n) is 29.5. The number of hydrogen-bond donors (Lipinski definition) is 0. The molecule has 0 saturated carbocycles. The summed E-state index contributed by atoms with van der Waals surface area (Å²) in [5, 5.41) is 0. The Morgan fingerprint density at radius 3 is 0.743 bits per heavy atom. The van der Waals surface area contributed by atoms with Gasteiger partial charge in [0.05, 0.1) is 0 Å². The van der Waals surface area contributed by atoms with Crippen LogP contribution in [0.2, 0.25) is 0 Å². The van der Waals surface area contributed by atoms with Crippen molar-refractivity contribution >= 4 is 119 Å². The molecule has 0 unspecified atom stereocenters. The molecule has 0 spiro atoms. The summed E-state index contributed by atoms with van der Waals surface area (Å²) < 4.78 is 110. The topological polar surface area (TPSA) is 58.2 Å². The number of hydrogen-bond acceptors (Lipinski definition) is 12. The molecule has 0 fully saturated rings. The molecular formula is C60H46N12Pt2. The molecule has 7 heterocycles. The number of para-hydroxylation sites is 8. The van der Waals surface area contributed by atoms with Gasteiger partial charge < -0.3 is 0 Å². The van der Waals surface area contributed by atoms with Gasteiger partial charge in [0.2, 0.25) is 0 Å². The summed E-state index contributed by atoms with van der Waals surface area (Å²) >= 11 is -3.32. The maximum absolute atomic E-state index is 9.01. The predicted octanol–water partition coefficient (Wildman–Crippen LogP) is 12.3. The molecule has 0 aliphatic carbocycles. The van der Waals surface area contributed by atoms with Crippen molar-refractivity contribution in [3.05, 3.63) is 207 Å². The molecule has 12 nitrogen and oxygen atoms in total. The fourth-order valence-electron chi connectivity index (χ4n) is 10.3. The van der Waals surface area contributed by atoms with Gasteiger partial charge in [-0.2, -0.15) is 0 Å². The molecule has 6 aliphatic rings. The van der Waals surface area contributed by atoms with Crippen LogP contribution in [0.5, 0.6) is 0 Å². The summed E-state index contributed by atoms with van der Waals surface area (Å²) in [7, 11) is 0. The summed E-state index contributed by atoms with van der Waals surface area (Å²) in [4.78, 5) is 27.7. The van der Waals surface area contributed by atoms with Crippen LogP contribution in [-0.4, -0.2) is 54.5 Å². The summed E-state index contributed by atoms with van der Waals surface area (Å²) in [6, 6.07) is 60.3. The van der Waals surface area contributed by atoms with Gasteiger partial charge in [0.1, 0.15) is 0 Å². The fraction of sp³-hybridized carbons (Fsp3) is 0.0667. The standard InChI is InChI=1S/C60H46N12.2Pt/c1-63-39-67(55-29-9-5-25-51(55)63)43-17-13-21-47(33-43)71(48-22-14-18-44(34-48)68-40-64(2)52-26-6-10-30-56(52)68)59-37-62-60(38-61-59)72(49-23-15-19-45(35-49)69-41-65(3)53-27-7-11-31-57(53)69)50-24-16-20-46(36-50)70-42-66(4)54-28-8-12-32-58(54)70;;/h5-38H,1-4H3;;/i1D3,2D3,3D3,4D3;;. The zero-order valence-corrected chi connectivity index (χ0v) is 43.2. The van der Waals surface area contributed by atoms with Gasteiger partial charge >= 0.3 is 464 Å². The van der Waals surface area contributed by atoms with Crippen LogP contribution in [-0.2, 0) is 35.3 Å². The second-order valence-corrected chi connectivity index (χ2v) is 22.9. The summed E-state index contributed by atoms with van der Waals surface area (Å²) in [5.41, 5.74) is 9.59. The summed E-state index contributed by atoms with van der Waals surface area (Å²) in [6.45, 7) is -10.6. The molecule has 1 aromatic heterocycles. The van der Waals surface area contributed by atoms with E-state index in [-0.39, 0.29) is 0 Å². The first-order chi connectivity index (χ1) is 41.2. The molecule has 0 atom stereocenters. The van der Waals surface area contributed by atoms with Crippen molar-refractivity contribution in [1.29, 1.82) is 0 Å². The Balaban J connectivity index is 0.929. The molecule has 74 heavy (non-hydrogen) atoms. The van der Waals surface area contributed by atoms with Gasteiger partial charge in [-0.25, -0.2) is 0 Å². The zero-order valence-electron chi connectivity index (χ0n) is 50.6. The Kier molecular flexibility index (Phi) is 7.34. The van der Waals surface area contributed by atoms with Crippen molar-refractivity contribution in [1.82, 2.24) is 9.97 Å². The number of nitrogens with zero attached hydrogens (tertiary/aromatic N) is 12. The van der Waals surface area contributed by atoms with Crippen molar-refractivity contribution in [2.75, 3.05) is 76.9 Å². The Morgan fingerprint density at radius 1 is 0.284 bits per heavy atom. The first kappa shape index (κ1) is 32.7. The van der Waals surface area contributed by atoms with E-state index in [1.165, 1.54) is 19.6 Å². The Morgan fingerprint density at radius 2 is 0.514 bits per heavy atom. The first-order valence-corrected chi connectivity index (χ1v) is 28.0. The molecular weight excluding hydrogens is 1280 g/mol. The van der Waals surface area contributed by atoms with Crippen molar-refractivity contribution in [2.24, 2.45) is 0 Å². The van der Waals surface area contributed by atoms with E-state index in [4.69, 9.17) is 26.4 Å². The second kappa shape index (κ2) is 16.6. The Labute approximate surface area is 462 Å². The third-order valence-electron chi connectivity index (χ3n) is 13.6. The molecule has 0 saturated heterocycles. The molecule has 0 N–H and O–H groups in total. The van der Waals surface area contributed by atoms with Crippen LogP contribution in [0.3, 0.4) is 0 Å². The second-order valence-electron chi connectivity index (χ2n) is 17.7. The summed E-state index contributed by atoms with van der Waals surface area (Å²) in [6.07, 6.45) is 3.37. The zero-order chi connectivity index (χ0) is 59.3. The fourth-order valence-corrected chi connectivity index (χ4v) is 16.6. The van der Waals surface area contributed by atoms with Crippen LogP contribution in [0.15, 0.2) is 207 Å². The number of aromatic nitrogens is 2. The summed E-state index contributed by atoms with van der Waals surface area (Å²) in [5.74, 6) is 0.822. The van der Waals surface area contributed by atoms with Crippen LogP contribution in [0, 0.1) is 0 Å². The van der Waals surface area contributed by atoms with Crippen molar-refractivity contribution in [2.45, 2.75) is 0 Å². The van der Waals surface area contributed by atoms with E-state index >= 15 is 0 Å². The minimum atomic E-state index is -2.66. The van der Waals surface area contributed by atoms with Crippen molar-refractivity contribution < 1.29 is 51.7 Å². The number of rotatable bonds is 2. The normalized spacial score (nSPS) is 19.2. The maximum atomic E-state index is 9.01. The molecule has 9 aromatic rings. The molecule has 14 heteroatoms. The van der Waals surface area contributed by atoms with E-state index in [2.05, 4.69) is 0 Å². The van der Waals surface area contributed by atoms with Crippen LogP contribution in [0.1, 0.15) is 16.4 Å². The van der Waals surface area contributed by atoms with Gasteiger partial charge in [0.15, 0.2) is 0 Å². The van der Waals surface area contributed by atoms with Crippen molar-refractivity contribution in [3.63, 3.8) is 0 Å². The molecule has 6 aliphatic heterocycles. The van der Waals surface area contributed by atoms with Crippen LogP contribution in [0.25, 0.3) is 0 Å². The van der Waals surface area contributed by atoms with Crippen molar-refractivity contribution in [3.8, 4) is 0 Å². The Bertz CT molecular complexity index is 3930. The van der Waals surface area contributed by atoms with E-state index in [1.54, 1.807) is 60.9 Å². The third kappa shape index (κ3) is 6.41. The van der Waals surface area contributed by atoms with Crippen LogP contribution >= 0.6 is 0 Å². The van der Waals surface area contributed by atoms with Crippen LogP contribution < -0.4 is 49.0 Å². The molecule has 0 radical (unpaired) electrons. The quantitative estimate of drug-likeness (QED) is 0.166.